The SMILES string of the molecule is CCCNCc1cc(Br)c(OCC2CNC(=O)O2)c(Br)c1. The summed E-state index contributed by atoms with van der Waals surface area (Å²) in [5, 5.41) is 5.96. The Hall–Kier alpha value is -0.790. The van der Waals surface area contributed by atoms with E-state index in [4.69, 9.17) is 9.47 Å². The van der Waals surface area contributed by atoms with Gasteiger partial charge in [-0.05, 0) is 62.5 Å². The van der Waals surface area contributed by atoms with Crippen molar-refractivity contribution < 1.29 is 14.3 Å². The Kier molecular flexibility index (Phi) is 6.32. The third-order valence-electron chi connectivity index (χ3n) is 2.98. The third-order valence-corrected chi connectivity index (χ3v) is 4.15. The summed E-state index contributed by atoms with van der Waals surface area (Å²) >= 11 is 7.04. The fraction of sp³-hybridized carbons (Fsp3) is 0.500. The lowest BCUT2D eigenvalue weighted by Gasteiger charge is -2.14. The van der Waals surface area contributed by atoms with Crippen molar-refractivity contribution >= 4 is 38.0 Å². The summed E-state index contributed by atoms with van der Waals surface area (Å²) in [6.07, 6.45) is 0.471. The summed E-state index contributed by atoms with van der Waals surface area (Å²) in [5.74, 6) is 0.720. The molecule has 1 amide bonds. The highest BCUT2D eigenvalue weighted by Crippen LogP contribution is 2.35. The van der Waals surface area contributed by atoms with Gasteiger partial charge in [0.1, 0.15) is 12.4 Å². The maximum absolute atomic E-state index is 11.0. The van der Waals surface area contributed by atoms with Gasteiger partial charge in [0.25, 0.3) is 0 Å². The second-order valence-corrected chi connectivity index (χ2v) is 6.49. The van der Waals surface area contributed by atoms with E-state index in [1.54, 1.807) is 0 Å². The molecule has 1 fully saturated rings. The van der Waals surface area contributed by atoms with E-state index < -0.39 is 0 Å². The number of amides is 1. The van der Waals surface area contributed by atoms with E-state index in [0.717, 1.165) is 34.2 Å². The quantitative estimate of drug-likeness (QED) is 0.663. The molecule has 1 unspecified atom stereocenters. The number of hydrogen-bond acceptors (Lipinski definition) is 4. The second-order valence-electron chi connectivity index (χ2n) is 4.78. The van der Waals surface area contributed by atoms with Gasteiger partial charge in [-0.2, -0.15) is 0 Å². The predicted molar refractivity (Wildman–Crippen MR) is 87.6 cm³/mol. The summed E-state index contributed by atoms with van der Waals surface area (Å²) in [6.45, 7) is 4.75. The highest BCUT2D eigenvalue weighted by Gasteiger charge is 2.23. The molecule has 0 aromatic heterocycles. The van der Waals surface area contributed by atoms with Crippen LogP contribution in [0.2, 0.25) is 0 Å². The number of alkyl carbamates (subject to hydrolysis) is 1. The number of carbonyl (C=O) groups excluding carboxylic acids is 1. The van der Waals surface area contributed by atoms with Gasteiger partial charge in [0.15, 0.2) is 6.10 Å². The smallest absolute Gasteiger partial charge is 0.407 e. The van der Waals surface area contributed by atoms with E-state index in [9.17, 15) is 4.79 Å². The maximum Gasteiger partial charge on any atom is 0.407 e. The van der Waals surface area contributed by atoms with Gasteiger partial charge in [0, 0.05) is 6.54 Å². The fourth-order valence-corrected chi connectivity index (χ4v) is 3.47. The number of halogens is 2. The zero-order valence-corrected chi connectivity index (χ0v) is 14.9. The molecule has 1 aliphatic heterocycles. The molecular formula is C14H18Br2N2O3. The number of hydrogen-bond donors (Lipinski definition) is 2. The zero-order valence-electron chi connectivity index (χ0n) is 11.7. The van der Waals surface area contributed by atoms with Crippen molar-refractivity contribution in [3.63, 3.8) is 0 Å². The average Bonchev–Trinajstić information content (AvgIpc) is 2.84. The lowest BCUT2D eigenvalue weighted by atomic mass is 10.2. The first kappa shape index (κ1) is 16.6. The molecule has 7 heteroatoms. The summed E-state index contributed by atoms with van der Waals surface area (Å²) in [7, 11) is 0. The maximum atomic E-state index is 11.0. The van der Waals surface area contributed by atoms with Crippen LogP contribution in [-0.2, 0) is 11.3 Å². The number of ether oxygens (including phenoxy) is 2. The molecule has 0 aliphatic carbocycles. The van der Waals surface area contributed by atoms with Crippen LogP contribution in [0.4, 0.5) is 4.79 Å². The van der Waals surface area contributed by atoms with Crippen LogP contribution in [0, 0.1) is 0 Å². The van der Waals surface area contributed by atoms with Crippen LogP contribution in [0.5, 0.6) is 5.75 Å². The normalized spacial score (nSPS) is 17.5. The first-order chi connectivity index (χ1) is 10.1. The molecule has 0 bridgehead atoms. The minimum atomic E-state index is -0.390. The van der Waals surface area contributed by atoms with Crippen molar-refractivity contribution in [2.75, 3.05) is 19.7 Å². The molecule has 0 saturated carbocycles. The van der Waals surface area contributed by atoms with Gasteiger partial charge in [-0.25, -0.2) is 4.79 Å². The van der Waals surface area contributed by atoms with Gasteiger partial charge in [0.05, 0.1) is 15.5 Å². The summed E-state index contributed by atoms with van der Waals surface area (Å²) in [4.78, 5) is 11.0. The predicted octanol–water partition coefficient (Wildman–Crippen LogP) is 3.20. The Morgan fingerprint density at radius 1 is 1.43 bits per heavy atom. The average molecular weight is 422 g/mol. The van der Waals surface area contributed by atoms with E-state index in [2.05, 4.69) is 49.4 Å². The molecular weight excluding hydrogens is 404 g/mol. The van der Waals surface area contributed by atoms with E-state index >= 15 is 0 Å². The minimum Gasteiger partial charge on any atom is -0.487 e. The van der Waals surface area contributed by atoms with Crippen LogP contribution in [-0.4, -0.2) is 31.9 Å². The fourth-order valence-electron chi connectivity index (χ4n) is 1.96. The molecule has 2 N–H and O–H groups in total. The Morgan fingerprint density at radius 3 is 2.71 bits per heavy atom. The molecule has 2 rings (SSSR count). The van der Waals surface area contributed by atoms with E-state index in [-0.39, 0.29) is 12.2 Å². The molecule has 1 atom stereocenters. The Labute approximate surface area is 141 Å². The Morgan fingerprint density at radius 2 is 2.14 bits per heavy atom. The standard InChI is InChI=1S/C14H18Br2N2O3/c1-2-3-17-6-9-4-11(15)13(12(16)5-9)20-8-10-7-18-14(19)21-10/h4-5,10,17H,2-3,6-8H2,1H3,(H,18,19). The lowest BCUT2D eigenvalue weighted by molar-refractivity contribution is 0.104. The second kappa shape index (κ2) is 8.00. The van der Waals surface area contributed by atoms with Crippen LogP contribution in [0.25, 0.3) is 0 Å². The van der Waals surface area contributed by atoms with Crippen molar-refractivity contribution in [1.82, 2.24) is 10.6 Å². The van der Waals surface area contributed by atoms with Crippen molar-refractivity contribution in [2.24, 2.45) is 0 Å². The largest absolute Gasteiger partial charge is 0.487 e. The van der Waals surface area contributed by atoms with Gasteiger partial charge in [0.2, 0.25) is 0 Å². The van der Waals surface area contributed by atoms with Crippen LogP contribution in [0.15, 0.2) is 21.1 Å². The van der Waals surface area contributed by atoms with Crippen molar-refractivity contribution in [3.05, 3.63) is 26.6 Å². The number of benzene rings is 1. The van der Waals surface area contributed by atoms with Crippen LogP contribution >= 0.6 is 31.9 Å². The van der Waals surface area contributed by atoms with E-state index in [0.29, 0.717) is 13.2 Å². The van der Waals surface area contributed by atoms with Gasteiger partial charge >= 0.3 is 6.09 Å². The molecule has 5 nitrogen and oxygen atoms in total. The lowest BCUT2D eigenvalue weighted by Crippen LogP contribution is -2.22. The summed E-state index contributed by atoms with van der Waals surface area (Å²) in [5.41, 5.74) is 1.17. The summed E-state index contributed by atoms with van der Waals surface area (Å²) < 4.78 is 12.5. The highest BCUT2D eigenvalue weighted by molar-refractivity contribution is 9.11. The third kappa shape index (κ3) is 4.86. The van der Waals surface area contributed by atoms with E-state index in [1.807, 2.05) is 12.1 Å². The number of carbonyl (C=O) groups is 1. The summed E-state index contributed by atoms with van der Waals surface area (Å²) in [6, 6.07) is 4.06. The number of nitrogens with one attached hydrogen (secondary N) is 2. The van der Waals surface area contributed by atoms with Gasteiger partial charge in [-0.3, -0.25) is 0 Å². The molecule has 0 spiro atoms. The number of cyclic esters (lactones) is 1. The topological polar surface area (TPSA) is 59.6 Å². The molecule has 1 aromatic rings. The minimum absolute atomic E-state index is 0.248. The first-order valence-corrected chi connectivity index (χ1v) is 8.44. The van der Waals surface area contributed by atoms with Crippen molar-refractivity contribution in [1.29, 1.82) is 0 Å². The van der Waals surface area contributed by atoms with Gasteiger partial charge < -0.3 is 20.1 Å². The van der Waals surface area contributed by atoms with Crippen molar-refractivity contribution in [3.8, 4) is 5.75 Å². The Balaban J connectivity index is 1.94. The van der Waals surface area contributed by atoms with Crippen molar-refractivity contribution in [2.45, 2.75) is 26.0 Å². The van der Waals surface area contributed by atoms with Gasteiger partial charge in [-0.1, -0.05) is 6.92 Å². The molecule has 1 aliphatic rings. The van der Waals surface area contributed by atoms with Crippen LogP contribution < -0.4 is 15.4 Å². The van der Waals surface area contributed by atoms with Crippen LogP contribution in [0.3, 0.4) is 0 Å². The monoisotopic (exact) mass is 420 g/mol. The van der Waals surface area contributed by atoms with E-state index in [1.165, 1.54) is 5.56 Å². The first-order valence-electron chi connectivity index (χ1n) is 6.86. The van der Waals surface area contributed by atoms with Crippen LogP contribution in [0.1, 0.15) is 18.9 Å². The van der Waals surface area contributed by atoms with Gasteiger partial charge in [-0.15, -0.1) is 0 Å². The molecule has 21 heavy (non-hydrogen) atoms. The molecule has 1 heterocycles. The number of rotatable bonds is 7. The molecule has 1 aromatic carbocycles. The zero-order chi connectivity index (χ0) is 15.2. The molecule has 0 radical (unpaired) electrons. The Bertz CT molecular complexity index is 488. The highest BCUT2D eigenvalue weighted by atomic mass is 79.9. The molecule has 116 valence electrons. The molecule has 1 saturated heterocycles.